The fraction of sp³-hybridized carbons (Fsp3) is 0.714. The molecule has 0 amide bonds. The minimum absolute atomic E-state index is 0.747. The number of aromatic nitrogens is 2. The van der Waals surface area contributed by atoms with Crippen molar-refractivity contribution in [1.82, 2.24) is 9.97 Å². The van der Waals surface area contributed by atoms with Crippen LogP contribution in [0.1, 0.15) is 32.1 Å². The van der Waals surface area contributed by atoms with E-state index in [1.807, 2.05) is 0 Å². The monoisotopic (exact) mass is 244 g/mol. The number of fused-ring (bicyclic) bond motifs is 2. The summed E-state index contributed by atoms with van der Waals surface area (Å²) in [7, 11) is 0. The van der Waals surface area contributed by atoms with Gasteiger partial charge in [0.15, 0.2) is 0 Å². The summed E-state index contributed by atoms with van der Waals surface area (Å²) in [6, 6.07) is 2.95. The van der Waals surface area contributed by atoms with Crippen LogP contribution >= 0.6 is 0 Å². The van der Waals surface area contributed by atoms with E-state index in [-0.39, 0.29) is 0 Å². The molecule has 1 aliphatic carbocycles. The number of hydrogen-bond acceptors (Lipinski definition) is 4. The summed E-state index contributed by atoms with van der Waals surface area (Å²) in [5.41, 5.74) is 0. The van der Waals surface area contributed by atoms with Crippen LogP contribution in [-0.2, 0) is 0 Å². The molecule has 0 aromatic carbocycles. The Balaban J connectivity index is 1.59. The van der Waals surface area contributed by atoms with E-state index in [1.54, 1.807) is 6.33 Å². The normalized spacial score (nSPS) is 30.4. The Bertz CT molecular complexity index is 441. The molecule has 2 atom stereocenters. The third-order valence-corrected chi connectivity index (χ3v) is 4.77. The van der Waals surface area contributed by atoms with Crippen LogP contribution in [0, 0.1) is 5.92 Å². The van der Waals surface area contributed by atoms with Crippen molar-refractivity contribution >= 4 is 11.6 Å². The molecule has 1 aromatic heterocycles. The first kappa shape index (κ1) is 10.6. The zero-order valence-electron chi connectivity index (χ0n) is 10.8. The number of nitrogens with zero attached hydrogens (tertiary/aromatic N) is 4. The van der Waals surface area contributed by atoms with Crippen molar-refractivity contribution < 1.29 is 0 Å². The standard InChI is InChI=1S/C14H20N4/c1-2-6-17(5-1)13-8-14(16-10-15-13)18-9-11-3-4-12(18)7-11/h8,10-12H,1-7,9H2. The molecule has 4 nitrogen and oxygen atoms in total. The van der Waals surface area contributed by atoms with Gasteiger partial charge in [0.25, 0.3) is 0 Å². The van der Waals surface area contributed by atoms with Crippen LogP contribution in [-0.4, -0.2) is 35.6 Å². The first-order valence-corrected chi connectivity index (χ1v) is 7.24. The van der Waals surface area contributed by atoms with E-state index in [9.17, 15) is 0 Å². The molecule has 3 aliphatic rings. The molecule has 0 N–H and O–H groups in total. The number of piperidine rings is 1. The molecule has 4 rings (SSSR count). The molecule has 2 unspecified atom stereocenters. The van der Waals surface area contributed by atoms with Crippen molar-refractivity contribution in [2.45, 2.75) is 38.1 Å². The predicted octanol–water partition coefficient (Wildman–Crippen LogP) is 2.07. The van der Waals surface area contributed by atoms with E-state index >= 15 is 0 Å². The SMILES string of the molecule is c1nc(N2CCCC2)cc(N2CC3CCC2C3)n1. The average molecular weight is 244 g/mol. The van der Waals surface area contributed by atoms with E-state index < -0.39 is 0 Å². The molecule has 4 heteroatoms. The number of hydrogen-bond donors (Lipinski definition) is 0. The van der Waals surface area contributed by atoms with Gasteiger partial charge in [0.2, 0.25) is 0 Å². The molecular formula is C14H20N4. The van der Waals surface area contributed by atoms with Gasteiger partial charge in [0, 0.05) is 31.7 Å². The van der Waals surface area contributed by atoms with Gasteiger partial charge in [0.05, 0.1) is 0 Å². The molecule has 2 bridgehead atoms. The van der Waals surface area contributed by atoms with Gasteiger partial charge in [-0.15, -0.1) is 0 Å². The highest BCUT2D eigenvalue weighted by Gasteiger charge is 2.38. The molecule has 1 saturated carbocycles. The summed E-state index contributed by atoms with van der Waals surface area (Å²) in [6.45, 7) is 3.52. The molecule has 1 aromatic rings. The molecule has 96 valence electrons. The Labute approximate surface area is 108 Å². The van der Waals surface area contributed by atoms with Gasteiger partial charge in [-0.05, 0) is 38.0 Å². The second-order valence-corrected chi connectivity index (χ2v) is 5.91. The Morgan fingerprint density at radius 3 is 2.61 bits per heavy atom. The summed E-state index contributed by atoms with van der Waals surface area (Å²) in [5, 5.41) is 0. The van der Waals surface area contributed by atoms with Crippen molar-refractivity contribution in [3.05, 3.63) is 12.4 Å². The predicted molar refractivity (Wildman–Crippen MR) is 72.0 cm³/mol. The fourth-order valence-electron chi connectivity index (χ4n) is 3.82. The summed E-state index contributed by atoms with van der Waals surface area (Å²) < 4.78 is 0. The highest BCUT2D eigenvalue weighted by atomic mass is 15.3. The van der Waals surface area contributed by atoms with Crippen LogP contribution < -0.4 is 9.80 Å². The molecule has 0 radical (unpaired) electrons. The summed E-state index contributed by atoms with van der Waals surface area (Å²) >= 11 is 0. The third-order valence-electron chi connectivity index (χ3n) is 4.77. The quantitative estimate of drug-likeness (QED) is 0.797. The lowest BCUT2D eigenvalue weighted by Crippen LogP contribution is -2.33. The lowest BCUT2D eigenvalue weighted by atomic mass is 10.1. The van der Waals surface area contributed by atoms with E-state index in [4.69, 9.17) is 0 Å². The van der Waals surface area contributed by atoms with E-state index in [0.29, 0.717) is 0 Å². The first-order valence-electron chi connectivity index (χ1n) is 7.24. The van der Waals surface area contributed by atoms with Crippen molar-refractivity contribution in [3.8, 4) is 0 Å². The van der Waals surface area contributed by atoms with Crippen LogP contribution in [0.3, 0.4) is 0 Å². The second-order valence-electron chi connectivity index (χ2n) is 5.91. The van der Waals surface area contributed by atoms with E-state index in [2.05, 4.69) is 25.8 Å². The number of rotatable bonds is 2. The minimum Gasteiger partial charge on any atom is -0.356 e. The lowest BCUT2D eigenvalue weighted by Gasteiger charge is -2.28. The third kappa shape index (κ3) is 1.66. The maximum Gasteiger partial charge on any atom is 0.134 e. The Kier molecular flexibility index (Phi) is 2.42. The van der Waals surface area contributed by atoms with Gasteiger partial charge in [0.1, 0.15) is 18.0 Å². The van der Waals surface area contributed by atoms with E-state index in [0.717, 1.165) is 36.7 Å². The van der Waals surface area contributed by atoms with Gasteiger partial charge in [-0.1, -0.05) is 0 Å². The zero-order valence-corrected chi connectivity index (χ0v) is 10.8. The topological polar surface area (TPSA) is 32.3 Å². The van der Waals surface area contributed by atoms with Gasteiger partial charge in [-0.2, -0.15) is 0 Å². The minimum atomic E-state index is 0.747. The van der Waals surface area contributed by atoms with Crippen LogP contribution in [0.2, 0.25) is 0 Å². The highest BCUT2D eigenvalue weighted by molar-refractivity contribution is 5.52. The van der Waals surface area contributed by atoms with Gasteiger partial charge in [-0.3, -0.25) is 0 Å². The maximum absolute atomic E-state index is 4.50. The largest absolute Gasteiger partial charge is 0.356 e. The van der Waals surface area contributed by atoms with E-state index in [1.165, 1.54) is 38.6 Å². The van der Waals surface area contributed by atoms with Crippen LogP contribution in [0.25, 0.3) is 0 Å². The highest BCUT2D eigenvalue weighted by Crippen LogP contribution is 2.39. The molecule has 18 heavy (non-hydrogen) atoms. The first-order chi connectivity index (χ1) is 8.90. The summed E-state index contributed by atoms with van der Waals surface area (Å²) in [6.07, 6.45) is 8.50. The molecule has 2 aliphatic heterocycles. The molecule has 3 heterocycles. The van der Waals surface area contributed by atoms with Crippen molar-refractivity contribution in [1.29, 1.82) is 0 Å². The zero-order chi connectivity index (χ0) is 11.9. The van der Waals surface area contributed by atoms with Crippen LogP contribution in [0.5, 0.6) is 0 Å². The second kappa shape index (κ2) is 4.11. The average Bonchev–Trinajstić information content (AvgIpc) is 3.15. The Morgan fingerprint density at radius 1 is 1.06 bits per heavy atom. The Hall–Kier alpha value is -1.32. The fourth-order valence-corrected chi connectivity index (χ4v) is 3.82. The van der Waals surface area contributed by atoms with Crippen molar-refractivity contribution in [2.75, 3.05) is 29.4 Å². The van der Waals surface area contributed by atoms with Crippen molar-refractivity contribution in [2.24, 2.45) is 5.92 Å². The van der Waals surface area contributed by atoms with Crippen LogP contribution in [0.4, 0.5) is 11.6 Å². The maximum atomic E-state index is 4.50. The summed E-state index contributed by atoms with van der Waals surface area (Å²) in [5.74, 6) is 3.19. The summed E-state index contributed by atoms with van der Waals surface area (Å²) in [4.78, 5) is 13.8. The molecule has 0 spiro atoms. The smallest absolute Gasteiger partial charge is 0.134 e. The van der Waals surface area contributed by atoms with Gasteiger partial charge in [-0.25, -0.2) is 9.97 Å². The Morgan fingerprint density at radius 2 is 1.89 bits per heavy atom. The lowest BCUT2D eigenvalue weighted by molar-refractivity contribution is 0.550. The van der Waals surface area contributed by atoms with Gasteiger partial charge >= 0.3 is 0 Å². The van der Waals surface area contributed by atoms with Crippen molar-refractivity contribution in [3.63, 3.8) is 0 Å². The van der Waals surface area contributed by atoms with Gasteiger partial charge < -0.3 is 9.80 Å². The molecule has 2 saturated heterocycles. The molecular weight excluding hydrogens is 224 g/mol. The van der Waals surface area contributed by atoms with Crippen LogP contribution in [0.15, 0.2) is 12.4 Å². The number of anilines is 2. The molecule has 3 fully saturated rings.